The summed E-state index contributed by atoms with van der Waals surface area (Å²) in [5.41, 5.74) is 0.302. The van der Waals surface area contributed by atoms with E-state index in [2.05, 4.69) is 16.8 Å². The van der Waals surface area contributed by atoms with Crippen LogP contribution < -0.4 is 4.74 Å². The zero-order chi connectivity index (χ0) is 14.5. The number of benzene rings is 1. The quantitative estimate of drug-likeness (QED) is 0.888. The van der Waals surface area contributed by atoms with Gasteiger partial charge in [-0.15, -0.1) is 0 Å². The number of nitrogens with zero attached hydrogens (tertiary/aromatic N) is 2. The number of halogens is 1. The summed E-state index contributed by atoms with van der Waals surface area (Å²) in [4.78, 5) is 4.65. The molecule has 1 aromatic carbocycles. The molecule has 1 unspecified atom stereocenters. The van der Waals surface area contributed by atoms with Crippen LogP contribution in [-0.2, 0) is 0 Å². The Kier molecular flexibility index (Phi) is 5.34. The van der Waals surface area contributed by atoms with Gasteiger partial charge in [-0.25, -0.2) is 4.39 Å². The second kappa shape index (κ2) is 7.02. The molecule has 0 bridgehead atoms. The first-order valence-electron chi connectivity index (χ1n) is 7.07. The van der Waals surface area contributed by atoms with Crippen LogP contribution in [0, 0.1) is 5.82 Å². The zero-order valence-electron chi connectivity index (χ0n) is 12.2. The molecule has 0 saturated carbocycles. The fourth-order valence-corrected chi connectivity index (χ4v) is 2.30. The first kappa shape index (κ1) is 15.2. The highest BCUT2D eigenvalue weighted by molar-refractivity contribution is 5.29. The fraction of sp³-hybridized carbons (Fsp3) is 0.600. The SMILES string of the molecule is CC(O)c1ccc(OCCN2CCN(C)CC2)cc1F. The number of hydrogen-bond acceptors (Lipinski definition) is 4. The predicted octanol–water partition coefficient (Wildman–Crippen LogP) is 1.51. The second-order valence-electron chi connectivity index (χ2n) is 5.35. The highest BCUT2D eigenvalue weighted by atomic mass is 19.1. The maximum Gasteiger partial charge on any atom is 0.132 e. The Morgan fingerprint density at radius 2 is 2.00 bits per heavy atom. The van der Waals surface area contributed by atoms with Crippen LogP contribution in [0.25, 0.3) is 0 Å². The van der Waals surface area contributed by atoms with Gasteiger partial charge in [0.2, 0.25) is 0 Å². The van der Waals surface area contributed by atoms with Crippen molar-refractivity contribution in [1.29, 1.82) is 0 Å². The molecule has 1 heterocycles. The lowest BCUT2D eigenvalue weighted by Gasteiger charge is -2.32. The Balaban J connectivity index is 1.78. The van der Waals surface area contributed by atoms with E-state index in [0.29, 0.717) is 17.9 Å². The summed E-state index contributed by atoms with van der Waals surface area (Å²) < 4.78 is 19.2. The van der Waals surface area contributed by atoms with E-state index in [1.807, 2.05) is 0 Å². The van der Waals surface area contributed by atoms with Crippen LogP contribution in [0.2, 0.25) is 0 Å². The predicted molar refractivity (Wildman–Crippen MR) is 76.5 cm³/mol. The Morgan fingerprint density at radius 1 is 1.30 bits per heavy atom. The molecule has 5 heteroatoms. The molecule has 1 aliphatic rings. The fourth-order valence-electron chi connectivity index (χ4n) is 2.30. The molecule has 1 aliphatic heterocycles. The molecule has 0 spiro atoms. The average molecular weight is 282 g/mol. The summed E-state index contributed by atoms with van der Waals surface area (Å²) in [5.74, 6) is 0.0955. The van der Waals surface area contributed by atoms with Crippen molar-refractivity contribution in [2.45, 2.75) is 13.0 Å². The van der Waals surface area contributed by atoms with Crippen molar-refractivity contribution in [3.63, 3.8) is 0 Å². The van der Waals surface area contributed by atoms with Gasteiger partial charge in [0, 0.05) is 44.4 Å². The van der Waals surface area contributed by atoms with Crippen LogP contribution in [0.3, 0.4) is 0 Å². The molecule has 2 rings (SSSR count). The number of hydrogen-bond donors (Lipinski definition) is 1. The number of aliphatic hydroxyl groups excluding tert-OH is 1. The molecule has 1 N–H and O–H groups in total. The monoisotopic (exact) mass is 282 g/mol. The highest BCUT2D eigenvalue weighted by Crippen LogP contribution is 2.21. The largest absolute Gasteiger partial charge is 0.492 e. The van der Waals surface area contributed by atoms with E-state index in [-0.39, 0.29) is 0 Å². The third-order valence-corrected chi connectivity index (χ3v) is 3.69. The topological polar surface area (TPSA) is 35.9 Å². The lowest BCUT2D eigenvalue weighted by Crippen LogP contribution is -2.45. The van der Waals surface area contributed by atoms with Gasteiger partial charge < -0.3 is 14.7 Å². The van der Waals surface area contributed by atoms with Crippen molar-refractivity contribution in [2.24, 2.45) is 0 Å². The standard InChI is InChI=1S/C15H23FN2O2/c1-12(19)14-4-3-13(11-15(14)16)20-10-9-18-7-5-17(2)6-8-18/h3-4,11-12,19H,5-10H2,1-2H3. The molecule has 20 heavy (non-hydrogen) atoms. The molecule has 4 nitrogen and oxygen atoms in total. The first-order valence-corrected chi connectivity index (χ1v) is 7.07. The van der Waals surface area contributed by atoms with Gasteiger partial charge in [-0.05, 0) is 26.1 Å². The first-order chi connectivity index (χ1) is 9.56. The number of aliphatic hydroxyl groups is 1. The molecule has 0 aromatic heterocycles. The van der Waals surface area contributed by atoms with Gasteiger partial charge in [-0.3, -0.25) is 4.90 Å². The van der Waals surface area contributed by atoms with E-state index in [1.165, 1.54) is 6.07 Å². The van der Waals surface area contributed by atoms with Gasteiger partial charge in [0.1, 0.15) is 18.2 Å². The van der Waals surface area contributed by atoms with Gasteiger partial charge >= 0.3 is 0 Å². The van der Waals surface area contributed by atoms with E-state index < -0.39 is 11.9 Å². The Labute approximate surface area is 119 Å². The molecule has 1 atom stereocenters. The van der Waals surface area contributed by atoms with Crippen molar-refractivity contribution >= 4 is 0 Å². The van der Waals surface area contributed by atoms with Crippen LogP contribution >= 0.6 is 0 Å². The van der Waals surface area contributed by atoms with Gasteiger partial charge in [0.15, 0.2) is 0 Å². The van der Waals surface area contributed by atoms with Gasteiger partial charge in [-0.1, -0.05) is 0 Å². The minimum atomic E-state index is -0.797. The van der Waals surface area contributed by atoms with Crippen LogP contribution in [0.1, 0.15) is 18.6 Å². The lowest BCUT2D eigenvalue weighted by atomic mass is 10.1. The lowest BCUT2D eigenvalue weighted by molar-refractivity contribution is 0.133. The summed E-state index contributed by atoms with van der Waals surface area (Å²) in [6.07, 6.45) is -0.797. The molecular weight excluding hydrogens is 259 g/mol. The third kappa shape index (κ3) is 4.16. The van der Waals surface area contributed by atoms with Crippen molar-refractivity contribution in [3.8, 4) is 5.75 Å². The number of piperazine rings is 1. The molecule has 1 fully saturated rings. The molecule has 112 valence electrons. The maximum atomic E-state index is 13.7. The van der Waals surface area contributed by atoms with E-state index in [9.17, 15) is 9.50 Å². The third-order valence-electron chi connectivity index (χ3n) is 3.69. The maximum absolute atomic E-state index is 13.7. The summed E-state index contributed by atoms with van der Waals surface area (Å²) >= 11 is 0. The zero-order valence-corrected chi connectivity index (χ0v) is 12.2. The normalized spacial score (nSPS) is 19.0. The minimum Gasteiger partial charge on any atom is -0.492 e. The van der Waals surface area contributed by atoms with Crippen molar-refractivity contribution in [1.82, 2.24) is 9.80 Å². The number of ether oxygens (including phenoxy) is 1. The summed E-state index contributed by atoms with van der Waals surface area (Å²) in [5, 5.41) is 9.37. The van der Waals surface area contributed by atoms with Gasteiger partial charge in [-0.2, -0.15) is 0 Å². The second-order valence-corrected chi connectivity index (χ2v) is 5.35. The Morgan fingerprint density at radius 3 is 2.60 bits per heavy atom. The summed E-state index contributed by atoms with van der Waals surface area (Å²) in [7, 11) is 2.13. The van der Waals surface area contributed by atoms with Crippen LogP contribution in [0.4, 0.5) is 4.39 Å². The molecule has 1 saturated heterocycles. The Bertz CT molecular complexity index is 432. The van der Waals surface area contributed by atoms with Crippen molar-refractivity contribution in [3.05, 3.63) is 29.6 Å². The van der Waals surface area contributed by atoms with Crippen molar-refractivity contribution in [2.75, 3.05) is 46.4 Å². The van der Waals surface area contributed by atoms with E-state index >= 15 is 0 Å². The van der Waals surface area contributed by atoms with E-state index in [1.54, 1.807) is 19.1 Å². The van der Waals surface area contributed by atoms with E-state index in [4.69, 9.17) is 4.74 Å². The Hall–Kier alpha value is -1.17. The van der Waals surface area contributed by atoms with Crippen LogP contribution in [0.15, 0.2) is 18.2 Å². The van der Waals surface area contributed by atoms with Gasteiger partial charge in [0.25, 0.3) is 0 Å². The van der Waals surface area contributed by atoms with Crippen LogP contribution in [0.5, 0.6) is 5.75 Å². The van der Waals surface area contributed by atoms with E-state index in [0.717, 1.165) is 32.7 Å². The molecular formula is C15H23FN2O2. The van der Waals surface area contributed by atoms with Gasteiger partial charge in [0.05, 0.1) is 6.10 Å². The molecule has 0 amide bonds. The average Bonchev–Trinajstić information content (AvgIpc) is 2.41. The number of rotatable bonds is 5. The molecule has 0 aliphatic carbocycles. The highest BCUT2D eigenvalue weighted by Gasteiger charge is 2.13. The molecule has 0 radical (unpaired) electrons. The number of likely N-dealkylation sites (N-methyl/N-ethyl adjacent to an activating group) is 1. The molecule has 1 aromatic rings. The van der Waals surface area contributed by atoms with Crippen LogP contribution in [-0.4, -0.2) is 61.3 Å². The summed E-state index contributed by atoms with van der Waals surface area (Å²) in [6.45, 7) is 7.22. The van der Waals surface area contributed by atoms with Crippen molar-refractivity contribution < 1.29 is 14.2 Å². The minimum absolute atomic E-state index is 0.302. The smallest absolute Gasteiger partial charge is 0.132 e. The summed E-state index contributed by atoms with van der Waals surface area (Å²) in [6, 6.07) is 4.62.